The number of hydrogen-bond donors (Lipinski definition) is 0. The monoisotopic (exact) mass is 1090 g/mol. The number of alkyl halides is 6. The van der Waals surface area contributed by atoms with Gasteiger partial charge in [0.05, 0.1) is 12.2 Å². The Balaban J connectivity index is 1.44. The van der Waals surface area contributed by atoms with Gasteiger partial charge in [-0.3, -0.25) is 0 Å². The van der Waals surface area contributed by atoms with Crippen LogP contribution in [0.5, 0.6) is 34.5 Å². The third-order valence-electron chi connectivity index (χ3n) is 11.7. The van der Waals surface area contributed by atoms with E-state index in [1.54, 1.807) is 69.4 Å². The molecule has 0 aliphatic rings. The lowest BCUT2D eigenvalue weighted by Crippen LogP contribution is -2.48. The molecule has 0 fully saturated rings. The molecular formula is C52H52F4I2O5. The van der Waals surface area contributed by atoms with E-state index < -0.39 is 44.1 Å². The van der Waals surface area contributed by atoms with E-state index in [0.717, 1.165) is 22.3 Å². The maximum atomic E-state index is 14.3. The molecule has 0 bridgehead atoms. The van der Waals surface area contributed by atoms with E-state index in [2.05, 4.69) is 39.8 Å². The molecule has 11 heteroatoms. The summed E-state index contributed by atoms with van der Waals surface area (Å²) in [5, 5.41) is 0. The summed E-state index contributed by atoms with van der Waals surface area (Å²) in [6.45, 7) is 8.49. The van der Waals surface area contributed by atoms with Crippen molar-refractivity contribution in [3.8, 4) is 34.5 Å². The molecule has 5 nitrogen and oxygen atoms in total. The lowest BCUT2D eigenvalue weighted by Gasteiger charge is -2.45. The van der Waals surface area contributed by atoms with Gasteiger partial charge < -0.3 is 23.7 Å². The molecule has 0 saturated heterocycles. The van der Waals surface area contributed by atoms with Crippen LogP contribution in [0.25, 0.3) is 0 Å². The van der Waals surface area contributed by atoms with Crippen molar-refractivity contribution in [1.82, 2.24) is 0 Å². The first-order chi connectivity index (χ1) is 30.2. The zero-order valence-electron chi connectivity index (χ0n) is 35.7. The van der Waals surface area contributed by atoms with Crippen molar-refractivity contribution < 1.29 is 41.2 Å². The summed E-state index contributed by atoms with van der Waals surface area (Å²) in [5.41, 5.74) is 2.42. The van der Waals surface area contributed by atoms with E-state index in [0.29, 0.717) is 48.7 Å². The normalized spacial score (nSPS) is 14.8. The van der Waals surface area contributed by atoms with Gasteiger partial charge in [-0.15, -0.1) is 0 Å². The molecule has 6 aromatic carbocycles. The smallest absolute Gasteiger partial charge is 0.407 e. The first-order valence-corrected chi connectivity index (χ1v) is 24.0. The highest BCUT2D eigenvalue weighted by molar-refractivity contribution is 14.1. The minimum atomic E-state index is -3.31. The molecule has 0 N–H and O–H groups in total. The highest BCUT2D eigenvalue weighted by atomic mass is 127. The van der Waals surface area contributed by atoms with Crippen LogP contribution in [0.4, 0.5) is 17.6 Å². The standard InChI is InChI=1S/C52H52F4I2O5/c1-5-49(3,39-23-27-43(28-24-39)62-51(53,54)35-57)47(33-37-15-13-21-45(31-37)59-41-17-9-7-10-18-41)61-48(34-38-16-14-22-46(32-38)60-42-19-11-8-12-20-42)50(4,6-2)40-25-29-44(30-26-40)63-52(55,56)36-58/h7-32,47-48H,5-6,33-36H2,1-4H3. The second-order valence-corrected chi connectivity index (χ2v) is 17.5. The number of rotatable bonds is 22. The SMILES string of the molecule is CCC(C)(c1ccc(OC(F)(F)CI)cc1)C(Cc1cccc(Oc2ccccc2)c1)OC(Cc1cccc(Oc2ccccc2)c1)C(C)(CC)c1ccc(OC(F)(F)CI)cc1. The molecule has 332 valence electrons. The maximum absolute atomic E-state index is 14.3. The highest BCUT2D eigenvalue weighted by Gasteiger charge is 2.43. The van der Waals surface area contributed by atoms with Gasteiger partial charge in [0, 0.05) is 10.8 Å². The summed E-state index contributed by atoms with van der Waals surface area (Å²) < 4.78 is 86.6. The summed E-state index contributed by atoms with van der Waals surface area (Å²) in [4.78, 5) is 0. The lowest BCUT2D eigenvalue weighted by molar-refractivity contribution is -0.152. The zero-order chi connectivity index (χ0) is 45.1. The fourth-order valence-electron chi connectivity index (χ4n) is 7.64. The summed E-state index contributed by atoms with van der Waals surface area (Å²) in [6, 6.07) is 48.8. The van der Waals surface area contributed by atoms with Gasteiger partial charge >= 0.3 is 12.2 Å². The van der Waals surface area contributed by atoms with Gasteiger partial charge in [0.1, 0.15) is 43.4 Å². The van der Waals surface area contributed by atoms with E-state index in [4.69, 9.17) is 23.7 Å². The first-order valence-electron chi connectivity index (χ1n) is 20.9. The van der Waals surface area contributed by atoms with Gasteiger partial charge in [0.2, 0.25) is 0 Å². The van der Waals surface area contributed by atoms with Crippen LogP contribution in [0.15, 0.2) is 158 Å². The van der Waals surface area contributed by atoms with Crippen molar-refractivity contribution in [1.29, 1.82) is 0 Å². The minimum Gasteiger partial charge on any atom is -0.457 e. The number of hydrogen-bond acceptors (Lipinski definition) is 5. The molecule has 0 amide bonds. The van der Waals surface area contributed by atoms with Gasteiger partial charge in [-0.2, -0.15) is 17.6 Å². The second kappa shape index (κ2) is 21.6. The molecule has 4 atom stereocenters. The van der Waals surface area contributed by atoms with Crippen molar-refractivity contribution >= 4 is 45.2 Å². The molecule has 0 spiro atoms. The summed E-state index contributed by atoms with van der Waals surface area (Å²) in [6.07, 6.45) is -5.39. The Labute approximate surface area is 395 Å². The molecule has 63 heavy (non-hydrogen) atoms. The third-order valence-corrected chi connectivity index (χ3v) is 13.5. The first kappa shape index (κ1) is 48.1. The van der Waals surface area contributed by atoms with E-state index in [1.165, 1.54) is 0 Å². The van der Waals surface area contributed by atoms with Crippen molar-refractivity contribution in [2.45, 2.75) is 88.6 Å². The zero-order valence-corrected chi connectivity index (χ0v) is 40.0. The number of para-hydroxylation sites is 2. The van der Waals surface area contributed by atoms with E-state index in [9.17, 15) is 17.6 Å². The topological polar surface area (TPSA) is 46.2 Å². The van der Waals surface area contributed by atoms with Gasteiger partial charge in [0.25, 0.3) is 0 Å². The summed E-state index contributed by atoms with van der Waals surface area (Å²) >= 11 is 3.22. The van der Waals surface area contributed by atoms with E-state index in [1.807, 2.05) is 121 Å². The number of halogens is 6. The lowest BCUT2D eigenvalue weighted by atomic mass is 9.71. The Kier molecular flexibility index (Phi) is 16.5. The van der Waals surface area contributed by atoms with E-state index in [-0.39, 0.29) is 11.5 Å². The minimum absolute atomic E-state index is 0.0693. The molecule has 6 rings (SSSR count). The van der Waals surface area contributed by atoms with Crippen LogP contribution < -0.4 is 18.9 Å². The molecule has 0 aromatic heterocycles. The average Bonchev–Trinajstić information content (AvgIpc) is 3.29. The van der Waals surface area contributed by atoms with Gasteiger partial charge in [-0.25, -0.2) is 0 Å². The third kappa shape index (κ3) is 12.9. The average molecular weight is 1090 g/mol. The van der Waals surface area contributed by atoms with Crippen LogP contribution in [0, 0.1) is 0 Å². The molecule has 0 saturated carbocycles. The van der Waals surface area contributed by atoms with Crippen LogP contribution >= 0.6 is 45.2 Å². The van der Waals surface area contributed by atoms with Crippen LogP contribution in [-0.4, -0.2) is 33.3 Å². The van der Waals surface area contributed by atoms with Gasteiger partial charge in [0.15, 0.2) is 0 Å². The molecular weight excluding hydrogens is 1030 g/mol. The fourth-order valence-corrected chi connectivity index (χ4v) is 7.95. The molecule has 6 aromatic rings. The fraction of sp³-hybridized carbons (Fsp3) is 0.308. The molecule has 0 aliphatic carbocycles. The van der Waals surface area contributed by atoms with Gasteiger partial charge in [-0.1, -0.05) is 158 Å². The van der Waals surface area contributed by atoms with Crippen LogP contribution in [0.2, 0.25) is 0 Å². The van der Waals surface area contributed by atoms with Crippen LogP contribution in [0.1, 0.15) is 62.8 Å². The van der Waals surface area contributed by atoms with Gasteiger partial charge in [-0.05, 0) is 121 Å². The second-order valence-electron chi connectivity index (χ2n) is 16.0. The Morgan fingerprint density at radius 2 is 0.794 bits per heavy atom. The molecule has 0 heterocycles. The predicted molar refractivity (Wildman–Crippen MR) is 259 cm³/mol. The Morgan fingerprint density at radius 3 is 1.13 bits per heavy atom. The van der Waals surface area contributed by atoms with E-state index >= 15 is 0 Å². The largest absolute Gasteiger partial charge is 0.457 e. The molecule has 4 unspecified atom stereocenters. The van der Waals surface area contributed by atoms with Crippen molar-refractivity contribution in [2.75, 3.05) is 8.86 Å². The quantitative estimate of drug-likeness (QED) is 0.0385. The molecule has 0 radical (unpaired) electrons. The maximum Gasteiger partial charge on any atom is 0.407 e. The van der Waals surface area contributed by atoms with Crippen LogP contribution in [-0.2, 0) is 28.4 Å². The van der Waals surface area contributed by atoms with Crippen molar-refractivity contribution in [3.05, 3.63) is 180 Å². The predicted octanol–water partition coefficient (Wildman–Crippen LogP) is 15.4. The van der Waals surface area contributed by atoms with Crippen LogP contribution in [0.3, 0.4) is 0 Å². The number of ether oxygens (including phenoxy) is 5. The summed E-state index contributed by atoms with van der Waals surface area (Å²) in [5.74, 6) is 2.91. The molecule has 0 aliphatic heterocycles. The number of benzene rings is 6. The van der Waals surface area contributed by atoms with Crippen molar-refractivity contribution in [2.24, 2.45) is 0 Å². The summed E-state index contributed by atoms with van der Waals surface area (Å²) in [7, 11) is 0. The highest BCUT2D eigenvalue weighted by Crippen LogP contribution is 2.43. The Bertz CT molecular complexity index is 2170. The Hall–Kier alpha value is -4.34. The Morgan fingerprint density at radius 1 is 0.444 bits per heavy atom. The van der Waals surface area contributed by atoms with Crippen molar-refractivity contribution in [3.63, 3.8) is 0 Å².